The van der Waals surface area contributed by atoms with Crippen LogP contribution in [0.25, 0.3) is 17.3 Å². The Morgan fingerprint density at radius 2 is 1.83 bits per heavy atom. The summed E-state index contributed by atoms with van der Waals surface area (Å²) in [6.07, 6.45) is 3.11. The molecule has 0 aliphatic rings. The van der Waals surface area contributed by atoms with Gasteiger partial charge in [0.15, 0.2) is 21.4 Å². The van der Waals surface area contributed by atoms with Crippen LogP contribution < -0.4 is 9.47 Å². The number of rotatable bonds is 9. The van der Waals surface area contributed by atoms with Crippen LogP contribution in [0.4, 0.5) is 0 Å². The number of para-hydroxylation sites is 1. The molecule has 0 aliphatic carbocycles. The summed E-state index contributed by atoms with van der Waals surface area (Å²) in [5.41, 5.74) is 1.44. The van der Waals surface area contributed by atoms with Crippen molar-refractivity contribution in [3.8, 4) is 34.8 Å². The van der Waals surface area contributed by atoms with E-state index in [1.807, 2.05) is 6.07 Å². The van der Waals surface area contributed by atoms with Gasteiger partial charge in [0.1, 0.15) is 29.0 Å². The van der Waals surface area contributed by atoms with Gasteiger partial charge in [-0.3, -0.25) is 9.55 Å². The molecule has 0 fully saturated rings. The molecular weight excluding hydrogens is 470 g/mol. The van der Waals surface area contributed by atoms with Gasteiger partial charge in [-0.05, 0) is 43.3 Å². The average Bonchev–Trinajstić information content (AvgIpc) is 3.53. The number of benzene rings is 1. The van der Waals surface area contributed by atoms with E-state index in [1.54, 1.807) is 54.0 Å². The normalized spacial score (nSPS) is 12.2. The first-order valence-corrected chi connectivity index (χ1v) is 12.4. The van der Waals surface area contributed by atoms with Crippen molar-refractivity contribution in [2.45, 2.75) is 24.3 Å². The Hall–Kier alpha value is -4.17. The first-order valence-electron chi connectivity index (χ1n) is 10.6. The van der Waals surface area contributed by atoms with Crippen molar-refractivity contribution in [3.63, 3.8) is 0 Å². The first-order chi connectivity index (χ1) is 16.9. The summed E-state index contributed by atoms with van der Waals surface area (Å²) in [6, 6.07) is 13.9. The van der Waals surface area contributed by atoms with Gasteiger partial charge in [-0.25, -0.2) is 8.42 Å². The van der Waals surface area contributed by atoms with Crippen LogP contribution >= 0.6 is 0 Å². The molecule has 0 amide bonds. The second-order valence-corrected chi connectivity index (χ2v) is 10.2. The van der Waals surface area contributed by atoms with E-state index in [0.29, 0.717) is 40.0 Å². The van der Waals surface area contributed by atoms with E-state index in [0.717, 1.165) is 0 Å². The minimum absolute atomic E-state index is 0.179. The lowest BCUT2D eigenvalue weighted by molar-refractivity contribution is 0.390. The third kappa shape index (κ3) is 4.88. The molecule has 3 aromatic heterocycles. The number of pyridine rings is 1. The Morgan fingerprint density at radius 1 is 1.09 bits per heavy atom. The maximum absolute atomic E-state index is 13.4. The molecule has 0 bridgehead atoms. The second kappa shape index (κ2) is 9.99. The molecule has 3 heterocycles. The quantitative estimate of drug-likeness (QED) is 0.344. The number of methoxy groups -OCH3 is 2. The van der Waals surface area contributed by atoms with Crippen molar-refractivity contribution in [3.05, 3.63) is 72.0 Å². The van der Waals surface area contributed by atoms with E-state index in [4.69, 9.17) is 19.2 Å². The van der Waals surface area contributed by atoms with Gasteiger partial charge < -0.3 is 13.9 Å². The fourth-order valence-electron chi connectivity index (χ4n) is 3.62. The summed E-state index contributed by atoms with van der Waals surface area (Å²) in [5.74, 6) is 1.40. The number of aromatic nitrogens is 4. The average molecular weight is 494 g/mol. The summed E-state index contributed by atoms with van der Waals surface area (Å²) in [5, 5.41) is 16.6. The maximum Gasteiger partial charge on any atom is 0.204 e. The molecule has 0 saturated carbocycles. The van der Waals surface area contributed by atoms with Crippen molar-refractivity contribution in [1.29, 1.82) is 5.26 Å². The number of nitriles is 1. The SMILES string of the molecule is COc1cccc(OC)c1-n1c(CS(=O)(=O)[C@@H](C)Cc2ccc(C#N)cn2)nnc1-c1ccco1. The third-order valence-corrected chi connectivity index (χ3v) is 7.54. The largest absolute Gasteiger partial charge is 0.494 e. The highest BCUT2D eigenvalue weighted by Gasteiger charge is 2.29. The van der Waals surface area contributed by atoms with Crippen molar-refractivity contribution < 1.29 is 22.3 Å². The van der Waals surface area contributed by atoms with Gasteiger partial charge in [-0.15, -0.1) is 10.2 Å². The van der Waals surface area contributed by atoms with Gasteiger partial charge in [-0.2, -0.15) is 5.26 Å². The van der Waals surface area contributed by atoms with E-state index < -0.39 is 15.1 Å². The Morgan fingerprint density at radius 3 is 2.40 bits per heavy atom. The molecule has 11 heteroatoms. The van der Waals surface area contributed by atoms with Crippen LogP contribution in [-0.2, 0) is 22.0 Å². The molecule has 0 saturated heterocycles. The molecule has 1 atom stereocenters. The Labute approximate surface area is 202 Å². The van der Waals surface area contributed by atoms with Gasteiger partial charge in [-0.1, -0.05) is 6.07 Å². The van der Waals surface area contributed by atoms with Crippen molar-refractivity contribution in [2.75, 3.05) is 14.2 Å². The fourth-order valence-corrected chi connectivity index (χ4v) is 4.87. The predicted molar refractivity (Wildman–Crippen MR) is 127 cm³/mol. The standard InChI is InChI=1S/C24H23N5O5S/c1-16(12-18-10-9-17(13-25)14-26-18)35(30,31)15-22-27-28-24(21-8-5-11-34-21)29(22)23-19(32-2)6-4-7-20(23)33-3/h4-11,14,16H,12,15H2,1-3H3/t16-/m0/s1. The lowest BCUT2D eigenvalue weighted by atomic mass is 10.2. The first kappa shape index (κ1) is 24.0. The van der Waals surface area contributed by atoms with Crippen LogP contribution in [-0.4, -0.2) is 47.6 Å². The summed E-state index contributed by atoms with van der Waals surface area (Å²) in [7, 11) is -0.669. The van der Waals surface area contributed by atoms with Crippen molar-refractivity contribution in [2.24, 2.45) is 0 Å². The van der Waals surface area contributed by atoms with E-state index >= 15 is 0 Å². The Kier molecular flexibility index (Phi) is 6.84. The van der Waals surface area contributed by atoms with Crippen LogP contribution in [0.1, 0.15) is 24.0 Å². The lowest BCUT2D eigenvalue weighted by Crippen LogP contribution is -2.24. The van der Waals surface area contributed by atoms with Gasteiger partial charge >= 0.3 is 0 Å². The molecule has 0 unspecified atom stereocenters. The molecule has 4 aromatic rings. The van der Waals surface area contributed by atoms with Crippen LogP contribution in [0.2, 0.25) is 0 Å². The third-order valence-electron chi connectivity index (χ3n) is 5.49. The second-order valence-electron chi connectivity index (χ2n) is 7.74. The molecule has 4 rings (SSSR count). The summed E-state index contributed by atoms with van der Waals surface area (Å²) in [6.45, 7) is 1.62. The maximum atomic E-state index is 13.4. The molecule has 0 N–H and O–H groups in total. The number of furan rings is 1. The van der Waals surface area contributed by atoms with Crippen LogP contribution in [0.15, 0.2) is 59.3 Å². The van der Waals surface area contributed by atoms with E-state index in [-0.39, 0.29) is 18.0 Å². The summed E-state index contributed by atoms with van der Waals surface area (Å²) in [4.78, 5) is 4.19. The zero-order valence-electron chi connectivity index (χ0n) is 19.4. The minimum atomic E-state index is -3.69. The van der Waals surface area contributed by atoms with E-state index in [1.165, 1.54) is 26.7 Å². The smallest absolute Gasteiger partial charge is 0.204 e. The molecule has 180 valence electrons. The Balaban J connectivity index is 1.75. The van der Waals surface area contributed by atoms with E-state index in [2.05, 4.69) is 15.2 Å². The molecule has 0 spiro atoms. The number of hydrogen-bond acceptors (Lipinski definition) is 9. The highest BCUT2D eigenvalue weighted by Crippen LogP contribution is 2.36. The summed E-state index contributed by atoms with van der Waals surface area (Å²) < 4.78 is 44.9. The van der Waals surface area contributed by atoms with Crippen LogP contribution in [0.3, 0.4) is 0 Å². The zero-order valence-corrected chi connectivity index (χ0v) is 20.2. The fraction of sp³-hybridized carbons (Fsp3) is 0.250. The zero-order chi connectivity index (χ0) is 25.0. The topological polar surface area (TPSA) is 133 Å². The molecule has 0 radical (unpaired) electrons. The van der Waals surface area contributed by atoms with E-state index in [9.17, 15) is 8.42 Å². The van der Waals surface area contributed by atoms with Gasteiger partial charge in [0.25, 0.3) is 0 Å². The molecular formula is C24H23N5O5S. The highest BCUT2D eigenvalue weighted by molar-refractivity contribution is 7.91. The van der Waals surface area contributed by atoms with Crippen molar-refractivity contribution in [1.82, 2.24) is 19.7 Å². The predicted octanol–water partition coefficient (Wildman–Crippen LogP) is 3.36. The molecule has 10 nitrogen and oxygen atoms in total. The molecule has 0 aliphatic heterocycles. The van der Waals surface area contributed by atoms with Gasteiger partial charge in [0.2, 0.25) is 5.82 Å². The molecule has 1 aromatic carbocycles. The molecule has 35 heavy (non-hydrogen) atoms. The van der Waals surface area contributed by atoms with Gasteiger partial charge in [0, 0.05) is 18.3 Å². The summed E-state index contributed by atoms with van der Waals surface area (Å²) >= 11 is 0. The Bertz CT molecular complexity index is 1430. The number of nitrogens with zero attached hydrogens (tertiary/aromatic N) is 5. The number of ether oxygens (including phenoxy) is 2. The minimum Gasteiger partial charge on any atom is -0.494 e. The van der Waals surface area contributed by atoms with Crippen LogP contribution in [0.5, 0.6) is 11.5 Å². The lowest BCUT2D eigenvalue weighted by Gasteiger charge is -2.18. The number of sulfone groups is 1. The van der Waals surface area contributed by atoms with Crippen molar-refractivity contribution >= 4 is 9.84 Å². The highest BCUT2D eigenvalue weighted by atomic mass is 32.2. The van der Waals surface area contributed by atoms with Crippen LogP contribution in [0, 0.1) is 11.3 Å². The van der Waals surface area contributed by atoms with Gasteiger partial charge in [0.05, 0.1) is 31.3 Å². The number of hydrogen-bond donors (Lipinski definition) is 0. The monoisotopic (exact) mass is 493 g/mol.